The van der Waals surface area contributed by atoms with E-state index in [4.69, 9.17) is 5.84 Å². The fraction of sp³-hybridized carbons (Fsp3) is 0.167. The number of hydrogen-bond donors (Lipinski definition) is 2. The Bertz CT molecular complexity index is 296. The largest absolute Gasteiger partial charge is 0.336 e. The molecule has 1 aliphatic heterocycles. The Labute approximate surface area is 67.6 Å². The summed E-state index contributed by atoms with van der Waals surface area (Å²) in [5, 5.41) is 5.76. The Hall–Kier alpha value is -1.07. The molecule has 0 radical (unpaired) electrons. The van der Waals surface area contributed by atoms with Gasteiger partial charge in [-0.2, -0.15) is 0 Å². The van der Waals surface area contributed by atoms with E-state index in [0.29, 0.717) is 6.54 Å². The molecule has 0 saturated heterocycles. The van der Waals surface area contributed by atoms with E-state index in [1.165, 1.54) is 5.01 Å². The van der Waals surface area contributed by atoms with Crippen molar-refractivity contribution in [2.45, 2.75) is 6.54 Å². The molecule has 5 heteroatoms. The van der Waals surface area contributed by atoms with Crippen LogP contribution in [0.15, 0.2) is 11.4 Å². The van der Waals surface area contributed by atoms with Crippen LogP contribution in [0.1, 0.15) is 4.88 Å². The van der Waals surface area contributed by atoms with E-state index in [9.17, 15) is 4.79 Å². The van der Waals surface area contributed by atoms with Crippen LogP contribution in [0.4, 0.5) is 10.5 Å². The van der Waals surface area contributed by atoms with E-state index in [-0.39, 0.29) is 6.03 Å². The van der Waals surface area contributed by atoms with E-state index in [0.717, 1.165) is 10.6 Å². The summed E-state index contributed by atoms with van der Waals surface area (Å²) < 4.78 is 0. The third kappa shape index (κ3) is 0.979. The molecule has 58 valence electrons. The molecule has 1 aliphatic rings. The van der Waals surface area contributed by atoms with Crippen molar-refractivity contribution in [2.75, 3.05) is 5.32 Å². The van der Waals surface area contributed by atoms with Crippen LogP contribution in [0.3, 0.4) is 0 Å². The summed E-state index contributed by atoms with van der Waals surface area (Å²) in [7, 11) is 0. The number of hydrazine groups is 1. The molecule has 1 aromatic heterocycles. The Balaban J connectivity index is 2.37. The maximum absolute atomic E-state index is 10.9. The van der Waals surface area contributed by atoms with Gasteiger partial charge in [0.2, 0.25) is 0 Å². The Morgan fingerprint density at radius 2 is 2.55 bits per heavy atom. The summed E-state index contributed by atoms with van der Waals surface area (Å²) in [6, 6.07) is 1.64. The quantitative estimate of drug-likeness (QED) is 0.449. The molecule has 0 bridgehead atoms. The third-order valence-corrected chi connectivity index (χ3v) is 2.47. The minimum absolute atomic E-state index is 0.240. The summed E-state index contributed by atoms with van der Waals surface area (Å²) in [4.78, 5) is 12.1. The van der Waals surface area contributed by atoms with E-state index >= 15 is 0 Å². The van der Waals surface area contributed by atoms with E-state index in [1.807, 2.05) is 11.4 Å². The summed E-state index contributed by atoms with van der Waals surface area (Å²) in [6.07, 6.45) is 0. The van der Waals surface area contributed by atoms with Crippen LogP contribution in [-0.4, -0.2) is 11.0 Å². The average molecular weight is 169 g/mol. The fourth-order valence-electron chi connectivity index (χ4n) is 0.988. The van der Waals surface area contributed by atoms with Crippen molar-refractivity contribution in [3.8, 4) is 0 Å². The third-order valence-electron chi connectivity index (χ3n) is 1.56. The highest BCUT2D eigenvalue weighted by Crippen LogP contribution is 2.26. The monoisotopic (exact) mass is 169 g/mol. The van der Waals surface area contributed by atoms with Crippen LogP contribution in [0.2, 0.25) is 0 Å². The highest BCUT2D eigenvalue weighted by molar-refractivity contribution is 7.10. The zero-order valence-electron chi connectivity index (χ0n) is 5.70. The van der Waals surface area contributed by atoms with E-state index < -0.39 is 0 Å². The molecule has 4 nitrogen and oxygen atoms in total. The number of rotatable bonds is 0. The van der Waals surface area contributed by atoms with Gasteiger partial charge in [0.1, 0.15) is 0 Å². The fourth-order valence-corrected chi connectivity index (χ4v) is 1.82. The van der Waals surface area contributed by atoms with Crippen molar-refractivity contribution in [3.63, 3.8) is 0 Å². The molecular weight excluding hydrogens is 162 g/mol. The van der Waals surface area contributed by atoms with Crippen molar-refractivity contribution in [1.82, 2.24) is 5.01 Å². The SMILES string of the molecule is NN1Cc2sccc2NC1=O. The first-order valence-electron chi connectivity index (χ1n) is 3.17. The number of hydrogen-bond acceptors (Lipinski definition) is 3. The summed E-state index contributed by atoms with van der Waals surface area (Å²) in [5.41, 5.74) is 0.890. The van der Waals surface area contributed by atoms with Gasteiger partial charge in [-0.1, -0.05) is 0 Å². The zero-order chi connectivity index (χ0) is 7.84. The lowest BCUT2D eigenvalue weighted by molar-refractivity contribution is 0.209. The molecule has 2 heterocycles. The number of urea groups is 1. The van der Waals surface area contributed by atoms with Gasteiger partial charge < -0.3 is 5.32 Å². The number of thiophene rings is 1. The van der Waals surface area contributed by atoms with Gasteiger partial charge in [0.15, 0.2) is 0 Å². The molecule has 0 spiro atoms. The number of nitrogens with two attached hydrogens (primary N) is 1. The Morgan fingerprint density at radius 1 is 1.73 bits per heavy atom. The van der Waals surface area contributed by atoms with Gasteiger partial charge in [-0.3, -0.25) is 5.01 Å². The second-order valence-corrected chi connectivity index (χ2v) is 3.32. The van der Waals surface area contributed by atoms with Gasteiger partial charge >= 0.3 is 6.03 Å². The number of anilines is 1. The molecule has 0 fully saturated rings. The molecule has 0 atom stereocenters. The van der Waals surface area contributed by atoms with Crippen molar-refractivity contribution < 1.29 is 4.79 Å². The number of carbonyl (C=O) groups is 1. The molecular formula is C6H7N3OS. The van der Waals surface area contributed by atoms with Gasteiger partial charge in [-0.05, 0) is 11.4 Å². The maximum atomic E-state index is 10.9. The normalized spacial score (nSPS) is 16.1. The van der Waals surface area contributed by atoms with Gasteiger partial charge in [-0.15, -0.1) is 11.3 Å². The standard InChI is InChI=1S/C6H7N3OS/c7-9-3-5-4(1-2-11-5)8-6(9)10/h1-2H,3,7H2,(H,8,10). The molecule has 0 aromatic carbocycles. The van der Waals surface area contributed by atoms with Crippen molar-refractivity contribution in [3.05, 3.63) is 16.3 Å². The predicted octanol–water partition coefficient (Wildman–Crippen LogP) is 0.969. The van der Waals surface area contributed by atoms with Gasteiger partial charge in [0, 0.05) is 4.88 Å². The number of fused-ring (bicyclic) bond motifs is 1. The second kappa shape index (κ2) is 2.21. The van der Waals surface area contributed by atoms with Crippen molar-refractivity contribution in [2.24, 2.45) is 5.84 Å². The first kappa shape index (κ1) is 6.63. The predicted molar refractivity (Wildman–Crippen MR) is 43.1 cm³/mol. The minimum Gasteiger partial charge on any atom is -0.306 e. The molecule has 11 heavy (non-hydrogen) atoms. The topological polar surface area (TPSA) is 58.4 Å². The van der Waals surface area contributed by atoms with E-state index in [1.54, 1.807) is 11.3 Å². The van der Waals surface area contributed by atoms with Crippen LogP contribution < -0.4 is 11.2 Å². The smallest absolute Gasteiger partial charge is 0.306 e. The lowest BCUT2D eigenvalue weighted by Crippen LogP contribution is -2.42. The number of amides is 2. The Kier molecular flexibility index (Phi) is 1.33. The van der Waals surface area contributed by atoms with Crippen LogP contribution in [0, 0.1) is 0 Å². The number of nitrogens with zero attached hydrogens (tertiary/aromatic N) is 1. The molecule has 1 aromatic rings. The molecule has 2 rings (SSSR count). The number of nitrogens with one attached hydrogen (secondary N) is 1. The lowest BCUT2D eigenvalue weighted by Gasteiger charge is -2.22. The number of carbonyl (C=O) groups excluding carboxylic acids is 1. The van der Waals surface area contributed by atoms with Crippen LogP contribution >= 0.6 is 11.3 Å². The molecule has 0 saturated carbocycles. The first-order chi connectivity index (χ1) is 5.27. The minimum atomic E-state index is -0.240. The van der Waals surface area contributed by atoms with Crippen LogP contribution in [0.5, 0.6) is 0 Å². The molecule has 0 aliphatic carbocycles. The maximum Gasteiger partial charge on any atom is 0.336 e. The van der Waals surface area contributed by atoms with Gasteiger partial charge in [0.05, 0.1) is 12.2 Å². The lowest BCUT2D eigenvalue weighted by atomic mass is 10.3. The van der Waals surface area contributed by atoms with Crippen LogP contribution in [0.25, 0.3) is 0 Å². The highest BCUT2D eigenvalue weighted by atomic mass is 32.1. The molecule has 2 amide bonds. The van der Waals surface area contributed by atoms with Crippen molar-refractivity contribution >= 4 is 23.1 Å². The first-order valence-corrected chi connectivity index (χ1v) is 4.05. The second-order valence-electron chi connectivity index (χ2n) is 2.32. The average Bonchev–Trinajstić information content (AvgIpc) is 2.36. The molecule has 0 unspecified atom stereocenters. The van der Waals surface area contributed by atoms with Gasteiger partial charge in [0.25, 0.3) is 0 Å². The highest BCUT2D eigenvalue weighted by Gasteiger charge is 2.19. The summed E-state index contributed by atoms with van der Waals surface area (Å²) in [6.45, 7) is 0.513. The Morgan fingerprint density at radius 3 is 3.36 bits per heavy atom. The van der Waals surface area contributed by atoms with Crippen LogP contribution in [-0.2, 0) is 6.54 Å². The van der Waals surface area contributed by atoms with Crippen molar-refractivity contribution in [1.29, 1.82) is 0 Å². The zero-order valence-corrected chi connectivity index (χ0v) is 6.52. The van der Waals surface area contributed by atoms with E-state index in [2.05, 4.69) is 5.32 Å². The summed E-state index contributed by atoms with van der Waals surface area (Å²) in [5.74, 6) is 5.38. The molecule has 3 N–H and O–H groups in total. The van der Waals surface area contributed by atoms with Gasteiger partial charge in [-0.25, -0.2) is 10.6 Å². The summed E-state index contributed by atoms with van der Waals surface area (Å²) >= 11 is 1.59.